The molecule has 1 heterocycles. The fraction of sp³-hybridized carbons (Fsp3) is 0.471. The van der Waals surface area contributed by atoms with E-state index >= 15 is 0 Å². The summed E-state index contributed by atoms with van der Waals surface area (Å²) in [5, 5.41) is 9.23. The van der Waals surface area contributed by atoms with Gasteiger partial charge in [0.25, 0.3) is 0 Å². The molecule has 1 saturated heterocycles. The third-order valence-corrected chi connectivity index (χ3v) is 4.18. The smallest absolute Gasteiger partial charge is 0.396 e. The molecule has 0 bridgehead atoms. The van der Waals surface area contributed by atoms with Crippen LogP contribution in [0.2, 0.25) is 0 Å². The first kappa shape index (κ1) is 17.5. The van der Waals surface area contributed by atoms with E-state index in [9.17, 15) is 23.1 Å². The summed E-state index contributed by atoms with van der Waals surface area (Å²) in [5.74, 6) is -0.0924. The Kier molecular flexibility index (Phi) is 5.46. The molecular weight excluding hydrogens is 307 g/mol. The molecule has 23 heavy (non-hydrogen) atoms. The summed E-state index contributed by atoms with van der Waals surface area (Å²) >= 11 is 0. The van der Waals surface area contributed by atoms with Crippen molar-refractivity contribution in [3.63, 3.8) is 0 Å². The fourth-order valence-corrected chi connectivity index (χ4v) is 2.68. The van der Waals surface area contributed by atoms with Crippen LogP contribution in [0.4, 0.5) is 13.2 Å². The number of piperidine rings is 1. The SMILES string of the molecule is CC1CCC(CO)CN1C(=O)/C=C/c1ccc(C(F)(F)F)cc1. The Bertz CT molecular complexity index is 566. The fourth-order valence-electron chi connectivity index (χ4n) is 2.68. The van der Waals surface area contributed by atoms with Gasteiger partial charge in [0.15, 0.2) is 0 Å². The molecule has 1 aromatic rings. The number of nitrogens with zero attached hydrogens (tertiary/aromatic N) is 1. The predicted molar refractivity (Wildman–Crippen MR) is 81.5 cm³/mol. The van der Waals surface area contributed by atoms with Gasteiger partial charge in [0.2, 0.25) is 5.91 Å². The van der Waals surface area contributed by atoms with Gasteiger partial charge in [0.1, 0.15) is 0 Å². The third kappa shape index (κ3) is 4.58. The normalized spacial score (nSPS) is 22.6. The van der Waals surface area contributed by atoms with E-state index in [4.69, 9.17) is 0 Å². The van der Waals surface area contributed by atoms with Gasteiger partial charge in [-0.25, -0.2) is 0 Å². The maximum Gasteiger partial charge on any atom is 0.416 e. The van der Waals surface area contributed by atoms with Crippen LogP contribution in [0.5, 0.6) is 0 Å². The number of aliphatic hydroxyl groups excluding tert-OH is 1. The number of carbonyl (C=O) groups is 1. The number of hydrogen-bond donors (Lipinski definition) is 1. The van der Waals surface area contributed by atoms with Crippen molar-refractivity contribution in [2.45, 2.75) is 32.0 Å². The van der Waals surface area contributed by atoms with E-state index in [1.807, 2.05) is 6.92 Å². The maximum absolute atomic E-state index is 12.5. The Labute approximate surface area is 133 Å². The zero-order valence-corrected chi connectivity index (χ0v) is 12.9. The Morgan fingerprint density at radius 2 is 1.96 bits per heavy atom. The molecule has 2 unspecified atom stereocenters. The molecule has 0 radical (unpaired) electrons. The van der Waals surface area contributed by atoms with Gasteiger partial charge in [0, 0.05) is 25.3 Å². The monoisotopic (exact) mass is 327 g/mol. The highest BCUT2D eigenvalue weighted by Gasteiger charge is 2.30. The van der Waals surface area contributed by atoms with Crippen LogP contribution in [0.15, 0.2) is 30.3 Å². The van der Waals surface area contributed by atoms with Gasteiger partial charge in [-0.15, -0.1) is 0 Å². The summed E-state index contributed by atoms with van der Waals surface area (Å²) in [7, 11) is 0. The number of aliphatic hydroxyl groups is 1. The van der Waals surface area contributed by atoms with Gasteiger partial charge in [-0.1, -0.05) is 12.1 Å². The van der Waals surface area contributed by atoms with Gasteiger partial charge < -0.3 is 10.0 Å². The van der Waals surface area contributed by atoms with Gasteiger partial charge in [0.05, 0.1) is 5.56 Å². The number of carbonyl (C=O) groups excluding carboxylic acids is 1. The van der Waals surface area contributed by atoms with Crippen LogP contribution in [0.3, 0.4) is 0 Å². The number of benzene rings is 1. The van der Waals surface area contributed by atoms with Crippen LogP contribution in [0.1, 0.15) is 30.9 Å². The minimum Gasteiger partial charge on any atom is -0.396 e. The van der Waals surface area contributed by atoms with Crippen molar-refractivity contribution >= 4 is 12.0 Å². The summed E-state index contributed by atoms with van der Waals surface area (Å²) in [6.07, 6.45) is 0.256. The average molecular weight is 327 g/mol. The number of alkyl halides is 3. The second-order valence-electron chi connectivity index (χ2n) is 5.92. The Morgan fingerprint density at radius 3 is 2.52 bits per heavy atom. The van der Waals surface area contributed by atoms with Crippen molar-refractivity contribution in [2.75, 3.05) is 13.2 Å². The largest absolute Gasteiger partial charge is 0.416 e. The molecule has 1 aromatic carbocycles. The Morgan fingerprint density at radius 1 is 1.30 bits per heavy atom. The van der Waals surface area contributed by atoms with Gasteiger partial charge in [-0.2, -0.15) is 13.2 Å². The molecule has 1 aliphatic rings. The lowest BCUT2D eigenvalue weighted by molar-refractivity contribution is -0.137. The highest BCUT2D eigenvalue weighted by molar-refractivity contribution is 5.92. The Hall–Kier alpha value is -1.82. The number of amides is 1. The molecule has 6 heteroatoms. The van der Waals surface area contributed by atoms with Crippen LogP contribution < -0.4 is 0 Å². The lowest BCUT2D eigenvalue weighted by atomic mass is 9.94. The molecule has 3 nitrogen and oxygen atoms in total. The number of hydrogen-bond acceptors (Lipinski definition) is 2. The van der Waals surface area contributed by atoms with E-state index in [2.05, 4.69) is 0 Å². The van der Waals surface area contributed by atoms with Crippen molar-refractivity contribution in [3.8, 4) is 0 Å². The first-order valence-electron chi connectivity index (χ1n) is 7.58. The second-order valence-corrected chi connectivity index (χ2v) is 5.92. The van der Waals surface area contributed by atoms with Crippen LogP contribution in [-0.2, 0) is 11.0 Å². The molecular formula is C17H20F3NO2. The minimum atomic E-state index is -4.36. The van der Waals surface area contributed by atoms with E-state index in [0.29, 0.717) is 12.1 Å². The number of halogens is 3. The minimum absolute atomic E-state index is 0.0547. The molecule has 0 spiro atoms. The molecule has 1 fully saturated rings. The van der Waals surface area contributed by atoms with Crippen LogP contribution in [-0.4, -0.2) is 35.1 Å². The summed E-state index contributed by atoms with van der Waals surface area (Å²) in [6.45, 7) is 2.52. The topological polar surface area (TPSA) is 40.5 Å². The number of likely N-dealkylation sites (tertiary alicyclic amines) is 1. The van der Waals surface area contributed by atoms with E-state index < -0.39 is 11.7 Å². The lowest BCUT2D eigenvalue weighted by Crippen LogP contribution is -2.45. The first-order valence-corrected chi connectivity index (χ1v) is 7.58. The average Bonchev–Trinajstić information content (AvgIpc) is 2.52. The van der Waals surface area contributed by atoms with E-state index in [0.717, 1.165) is 25.0 Å². The zero-order valence-electron chi connectivity index (χ0n) is 12.9. The lowest BCUT2D eigenvalue weighted by Gasteiger charge is -2.36. The zero-order chi connectivity index (χ0) is 17.0. The molecule has 1 amide bonds. The summed E-state index contributed by atoms with van der Waals surface area (Å²) in [6, 6.07) is 4.76. The van der Waals surface area contributed by atoms with E-state index in [1.54, 1.807) is 4.90 Å². The van der Waals surface area contributed by atoms with Crippen molar-refractivity contribution < 1.29 is 23.1 Å². The molecule has 126 valence electrons. The van der Waals surface area contributed by atoms with Gasteiger partial charge >= 0.3 is 6.18 Å². The summed E-state index contributed by atoms with van der Waals surface area (Å²) < 4.78 is 37.5. The summed E-state index contributed by atoms with van der Waals surface area (Å²) in [5.41, 5.74) is -0.175. The highest BCUT2D eigenvalue weighted by Crippen LogP contribution is 2.29. The van der Waals surface area contributed by atoms with Crippen LogP contribution in [0.25, 0.3) is 6.08 Å². The van der Waals surface area contributed by atoms with Gasteiger partial charge in [-0.05, 0) is 49.5 Å². The molecule has 1 aliphatic heterocycles. The van der Waals surface area contributed by atoms with Crippen molar-refractivity contribution in [1.82, 2.24) is 4.90 Å². The van der Waals surface area contributed by atoms with E-state index in [1.165, 1.54) is 24.3 Å². The summed E-state index contributed by atoms with van der Waals surface area (Å²) in [4.78, 5) is 13.9. The molecule has 0 aliphatic carbocycles. The molecule has 0 saturated carbocycles. The first-order chi connectivity index (χ1) is 10.8. The van der Waals surface area contributed by atoms with E-state index in [-0.39, 0.29) is 24.5 Å². The molecule has 2 rings (SSSR count). The third-order valence-electron chi connectivity index (χ3n) is 4.18. The van der Waals surface area contributed by atoms with Crippen LogP contribution in [0, 0.1) is 5.92 Å². The standard InChI is InChI=1S/C17H20F3NO2/c1-12-2-3-14(11-22)10-21(12)16(23)9-6-13-4-7-15(8-5-13)17(18,19)20/h4-9,12,14,22H,2-3,10-11H2,1H3/b9-6+. The van der Waals surface area contributed by atoms with Crippen molar-refractivity contribution in [3.05, 3.63) is 41.5 Å². The van der Waals surface area contributed by atoms with Crippen LogP contribution >= 0.6 is 0 Å². The number of rotatable bonds is 3. The molecule has 2 atom stereocenters. The molecule has 1 N–H and O–H groups in total. The molecule has 0 aromatic heterocycles. The highest BCUT2D eigenvalue weighted by atomic mass is 19.4. The quantitative estimate of drug-likeness (QED) is 0.865. The second kappa shape index (κ2) is 7.17. The van der Waals surface area contributed by atoms with Crippen molar-refractivity contribution in [2.24, 2.45) is 5.92 Å². The van der Waals surface area contributed by atoms with Gasteiger partial charge in [-0.3, -0.25) is 4.79 Å². The Balaban J connectivity index is 2.02. The predicted octanol–water partition coefficient (Wildman–Crippen LogP) is 3.34. The van der Waals surface area contributed by atoms with Crippen molar-refractivity contribution in [1.29, 1.82) is 0 Å². The maximum atomic E-state index is 12.5.